The SMILES string of the molecule is Cc1cccc(NC(=O)CSCC(=O)N2CCN(c3nnnn3-c3ccccc3)CC2)c1. The van der Waals surface area contributed by atoms with E-state index in [0.717, 1.165) is 16.9 Å². The van der Waals surface area contributed by atoms with E-state index >= 15 is 0 Å². The van der Waals surface area contributed by atoms with Crippen molar-refractivity contribution in [3.8, 4) is 5.69 Å². The highest BCUT2D eigenvalue weighted by Crippen LogP contribution is 2.17. The number of amides is 2. The Kier molecular flexibility index (Phi) is 7.00. The lowest BCUT2D eigenvalue weighted by atomic mass is 10.2. The van der Waals surface area contributed by atoms with Gasteiger partial charge in [0, 0.05) is 31.9 Å². The molecule has 10 heteroatoms. The number of anilines is 2. The molecule has 2 amide bonds. The number of aromatic nitrogens is 4. The molecule has 0 radical (unpaired) electrons. The minimum atomic E-state index is -0.106. The molecule has 9 nitrogen and oxygen atoms in total. The number of nitrogens with one attached hydrogen (secondary N) is 1. The van der Waals surface area contributed by atoms with Crippen molar-refractivity contribution in [3.63, 3.8) is 0 Å². The van der Waals surface area contributed by atoms with Crippen molar-refractivity contribution < 1.29 is 9.59 Å². The van der Waals surface area contributed by atoms with Gasteiger partial charge in [-0.3, -0.25) is 9.59 Å². The summed E-state index contributed by atoms with van der Waals surface area (Å²) in [5.41, 5.74) is 2.75. The van der Waals surface area contributed by atoms with Crippen LogP contribution in [0.3, 0.4) is 0 Å². The van der Waals surface area contributed by atoms with Crippen LogP contribution in [0.2, 0.25) is 0 Å². The number of para-hydroxylation sites is 1. The molecule has 2 heterocycles. The second-order valence-corrected chi connectivity index (χ2v) is 8.49. The van der Waals surface area contributed by atoms with Crippen LogP contribution in [0.15, 0.2) is 54.6 Å². The van der Waals surface area contributed by atoms with E-state index in [4.69, 9.17) is 0 Å². The second-order valence-electron chi connectivity index (χ2n) is 7.50. The molecule has 0 aliphatic carbocycles. The van der Waals surface area contributed by atoms with Crippen molar-refractivity contribution in [2.45, 2.75) is 6.92 Å². The highest BCUT2D eigenvalue weighted by Gasteiger charge is 2.24. The smallest absolute Gasteiger partial charge is 0.250 e. The summed E-state index contributed by atoms with van der Waals surface area (Å²) in [5.74, 6) is 1.13. The Balaban J connectivity index is 1.22. The van der Waals surface area contributed by atoms with Gasteiger partial charge < -0.3 is 15.1 Å². The number of thioether (sulfide) groups is 1. The molecule has 1 fully saturated rings. The summed E-state index contributed by atoms with van der Waals surface area (Å²) in [6.45, 7) is 4.47. The third-order valence-corrected chi connectivity index (χ3v) is 6.05. The van der Waals surface area contributed by atoms with Crippen LogP contribution in [-0.2, 0) is 9.59 Å². The van der Waals surface area contributed by atoms with Crippen LogP contribution in [-0.4, -0.2) is 74.6 Å². The van der Waals surface area contributed by atoms with Gasteiger partial charge in [-0.2, -0.15) is 4.68 Å². The average molecular weight is 452 g/mol. The second kappa shape index (κ2) is 10.3. The highest BCUT2D eigenvalue weighted by molar-refractivity contribution is 8.00. The Bertz CT molecular complexity index is 1060. The number of benzene rings is 2. The fraction of sp³-hybridized carbons (Fsp3) is 0.318. The van der Waals surface area contributed by atoms with Gasteiger partial charge in [0.1, 0.15) is 0 Å². The van der Waals surface area contributed by atoms with E-state index in [9.17, 15) is 9.59 Å². The summed E-state index contributed by atoms with van der Waals surface area (Å²) in [6.07, 6.45) is 0. The summed E-state index contributed by atoms with van der Waals surface area (Å²) in [6, 6.07) is 17.4. The number of nitrogens with zero attached hydrogens (tertiary/aromatic N) is 6. The average Bonchev–Trinajstić information content (AvgIpc) is 3.30. The summed E-state index contributed by atoms with van der Waals surface area (Å²) in [4.78, 5) is 28.6. The van der Waals surface area contributed by atoms with Gasteiger partial charge in [-0.1, -0.05) is 35.4 Å². The summed E-state index contributed by atoms with van der Waals surface area (Å²) in [5, 5.41) is 15.0. The molecular formula is C22H25N7O2S. The van der Waals surface area contributed by atoms with Crippen LogP contribution in [0.4, 0.5) is 11.6 Å². The van der Waals surface area contributed by atoms with Gasteiger partial charge in [-0.15, -0.1) is 11.8 Å². The quantitative estimate of drug-likeness (QED) is 0.587. The minimum Gasteiger partial charge on any atom is -0.338 e. The number of aryl methyl sites for hydroxylation is 1. The molecule has 32 heavy (non-hydrogen) atoms. The molecule has 2 aromatic carbocycles. The first-order valence-corrected chi connectivity index (χ1v) is 11.6. The van der Waals surface area contributed by atoms with Gasteiger partial charge >= 0.3 is 0 Å². The van der Waals surface area contributed by atoms with Crippen molar-refractivity contribution in [2.24, 2.45) is 0 Å². The first-order chi connectivity index (χ1) is 15.6. The molecule has 3 aromatic rings. The lowest BCUT2D eigenvalue weighted by Crippen LogP contribution is -2.50. The Morgan fingerprint density at radius 3 is 2.53 bits per heavy atom. The van der Waals surface area contributed by atoms with E-state index < -0.39 is 0 Å². The number of hydrogen-bond acceptors (Lipinski definition) is 7. The van der Waals surface area contributed by atoms with Crippen molar-refractivity contribution in [2.75, 3.05) is 47.9 Å². The molecule has 1 aromatic heterocycles. The van der Waals surface area contributed by atoms with E-state index in [1.165, 1.54) is 11.8 Å². The Hall–Kier alpha value is -3.40. The fourth-order valence-electron chi connectivity index (χ4n) is 3.51. The van der Waals surface area contributed by atoms with Crippen molar-refractivity contribution in [1.29, 1.82) is 0 Å². The van der Waals surface area contributed by atoms with Gasteiger partial charge in [-0.25, -0.2) is 0 Å². The molecule has 166 valence electrons. The van der Waals surface area contributed by atoms with Gasteiger partial charge in [0.25, 0.3) is 0 Å². The van der Waals surface area contributed by atoms with E-state index in [0.29, 0.717) is 32.1 Å². The predicted octanol–water partition coefficient (Wildman–Crippen LogP) is 1.99. The predicted molar refractivity (Wildman–Crippen MR) is 125 cm³/mol. The number of hydrogen-bond donors (Lipinski definition) is 1. The van der Waals surface area contributed by atoms with Gasteiger partial charge in [0.15, 0.2) is 0 Å². The molecule has 0 atom stereocenters. The molecule has 1 saturated heterocycles. The number of piperazine rings is 1. The number of carbonyl (C=O) groups is 2. The van der Waals surface area contributed by atoms with E-state index in [1.807, 2.05) is 66.4 Å². The van der Waals surface area contributed by atoms with Crippen LogP contribution in [0.5, 0.6) is 0 Å². The molecule has 0 saturated carbocycles. The molecule has 0 unspecified atom stereocenters. The minimum absolute atomic E-state index is 0.0423. The van der Waals surface area contributed by atoms with Crippen molar-refractivity contribution >= 4 is 35.2 Å². The van der Waals surface area contributed by atoms with E-state index in [1.54, 1.807) is 4.68 Å². The third kappa shape index (κ3) is 5.44. The summed E-state index contributed by atoms with van der Waals surface area (Å²) in [7, 11) is 0. The van der Waals surface area contributed by atoms with Crippen LogP contribution in [0.25, 0.3) is 5.69 Å². The normalized spacial score (nSPS) is 13.8. The van der Waals surface area contributed by atoms with E-state index in [-0.39, 0.29) is 23.3 Å². The molecule has 0 bridgehead atoms. The fourth-order valence-corrected chi connectivity index (χ4v) is 4.23. The molecular weight excluding hydrogens is 426 g/mol. The van der Waals surface area contributed by atoms with Gasteiger partial charge in [0.2, 0.25) is 17.8 Å². The van der Waals surface area contributed by atoms with Crippen molar-refractivity contribution in [3.05, 3.63) is 60.2 Å². The number of rotatable bonds is 7. The van der Waals surface area contributed by atoms with Gasteiger partial charge in [-0.05, 0) is 47.2 Å². The monoisotopic (exact) mass is 451 g/mol. The maximum absolute atomic E-state index is 12.6. The standard InChI is InChI=1S/C22H25N7O2S/c1-17-6-5-7-18(14-17)23-20(30)15-32-16-21(31)27-10-12-28(13-11-27)22-24-25-26-29(22)19-8-3-2-4-9-19/h2-9,14H,10-13,15-16H2,1H3,(H,23,30). The van der Waals surface area contributed by atoms with Crippen LogP contribution >= 0.6 is 11.8 Å². The first-order valence-electron chi connectivity index (χ1n) is 10.4. The van der Waals surface area contributed by atoms with Crippen LogP contribution in [0.1, 0.15) is 5.56 Å². The van der Waals surface area contributed by atoms with E-state index in [2.05, 4.69) is 25.7 Å². The largest absolute Gasteiger partial charge is 0.338 e. The van der Waals surface area contributed by atoms with Gasteiger partial charge in [0.05, 0.1) is 17.2 Å². The highest BCUT2D eigenvalue weighted by atomic mass is 32.2. The summed E-state index contributed by atoms with van der Waals surface area (Å²) >= 11 is 1.33. The Morgan fingerprint density at radius 2 is 1.78 bits per heavy atom. The maximum atomic E-state index is 12.6. The number of carbonyl (C=O) groups excluding carboxylic acids is 2. The molecule has 1 N–H and O–H groups in total. The Morgan fingerprint density at radius 1 is 1.00 bits per heavy atom. The van der Waals surface area contributed by atoms with Crippen LogP contribution in [0, 0.1) is 6.92 Å². The topological polar surface area (TPSA) is 96.2 Å². The lowest BCUT2D eigenvalue weighted by Gasteiger charge is -2.34. The molecule has 1 aliphatic rings. The first kappa shape index (κ1) is 21.8. The maximum Gasteiger partial charge on any atom is 0.250 e. The summed E-state index contributed by atoms with van der Waals surface area (Å²) < 4.78 is 1.71. The lowest BCUT2D eigenvalue weighted by molar-refractivity contribution is -0.128. The molecule has 1 aliphatic heterocycles. The zero-order valence-electron chi connectivity index (χ0n) is 17.8. The molecule has 0 spiro atoms. The Labute approximate surface area is 190 Å². The zero-order chi connectivity index (χ0) is 22.3. The zero-order valence-corrected chi connectivity index (χ0v) is 18.7. The van der Waals surface area contributed by atoms with Crippen LogP contribution < -0.4 is 10.2 Å². The van der Waals surface area contributed by atoms with Crippen molar-refractivity contribution in [1.82, 2.24) is 25.1 Å². The molecule has 4 rings (SSSR count). The third-order valence-electron chi connectivity index (χ3n) is 5.13. The number of tetrazole rings is 1.